The summed E-state index contributed by atoms with van der Waals surface area (Å²) in [7, 11) is 0. The average molecular weight is 377 g/mol. The predicted octanol–water partition coefficient (Wildman–Crippen LogP) is 2.21. The minimum atomic E-state index is -1.73. The molecule has 3 rings (SSSR count). The monoisotopic (exact) mass is 377 g/mol. The maximum absolute atomic E-state index is 13.6. The first-order valence-electron chi connectivity index (χ1n) is 7.96. The van der Waals surface area contributed by atoms with E-state index in [0.717, 1.165) is 11.6 Å². The molecule has 1 heterocycles. The highest BCUT2D eigenvalue weighted by Gasteiger charge is 2.38. The van der Waals surface area contributed by atoms with Crippen molar-refractivity contribution < 1.29 is 27.6 Å². The second kappa shape index (κ2) is 7.48. The molecule has 0 saturated carbocycles. The first kappa shape index (κ1) is 18.4. The Morgan fingerprint density at radius 1 is 1.04 bits per heavy atom. The van der Waals surface area contributed by atoms with Crippen molar-refractivity contribution in [2.45, 2.75) is 12.5 Å². The molecule has 1 unspecified atom stereocenters. The largest absolute Gasteiger partial charge is 0.325 e. The standard InChI is InChI=1S/C18H14F3N3O3/c19-11-6-7-12(16(21)15(11)20)22-14(25)9-24-17(26)13(23-18(24)27)8-10-4-2-1-3-5-10/h1-7,13H,8-9H2,(H,22,25)(H,23,27). The van der Waals surface area contributed by atoms with Gasteiger partial charge in [0.25, 0.3) is 5.91 Å². The number of nitrogens with zero attached hydrogens (tertiary/aromatic N) is 1. The summed E-state index contributed by atoms with van der Waals surface area (Å²) in [5, 5.41) is 4.49. The summed E-state index contributed by atoms with van der Waals surface area (Å²) in [6.45, 7) is -0.686. The SMILES string of the molecule is O=C(CN1C(=O)NC(Cc2ccccc2)C1=O)Nc1ccc(F)c(F)c1F. The molecule has 140 valence electrons. The molecule has 1 aliphatic heterocycles. The van der Waals surface area contributed by atoms with Crippen LogP contribution in [0.1, 0.15) is 5.56 Å². The lowest BCUT2D eigenvalue weighted by Crippen LogP contribution is -2.38. The van der Waals surface area contributed by atoms with Crippen molar-refractivity contribution in [3.8, 4) is 0 Å². The summed E-state index contributed by atoms with van der Waals surface area (Å²) in [4.78, 5) is 37.0. The number of hydrogen-bond acceptors (Lipinski definition) is 3. The van der Waals surface area contributed by atoms with Gasteiger partial charge in [0, 0.05) is 6.42 Å². The molecule has 2 aromatic rings. The van der Waals surface area contributed by atoms with Crippen LogP contribution in [0.4, 0.5) is 23.7 Å². The van der Waals surface area contributed by atoms with Gasteiger partial charge in [-0.2, -0.15) is 0 Å². The van der Waals surface area contributed by atoms with E-state index < -0.39 is 53.6 Å². The van der Waals surface area contributed by atoms with Gasteiger partial charge in [-0.3, -0.25) is 14.5 Å². The molecule has 0 aliphatic carbocycles. The lowest BCUT2D eigenvalue weighted by atomic mass is 10.1. The summed E-state index contributed by atoms with van der Waals surface area (Å²) in [5.74, 6) is -6.23. The zero-order valence-electron chi connectivity index (χ0n) is 13.8. The highest BCUT2D eigenvalue weighted by Crippen LogP contribution is 2.20. The number of amides is 4. The highest BCUT2D eigenvalue weighted by molar-refractivity contribution is 6.08. The zero-order valence-corrected chi connectivity index (χ0v) is 13.8. The van der Waals surface area contributed by atoms with Gasteiger partial charge in [0.15, 0.2) is 17.5 Å². The molecule has 2 aromatic carbocycles. The van der Waals surface area contributed by atoms with Gasteiger partial charge in [-0.05, 0) is 17.7 Å². The van der Waals surface area contributed by atoms with E-state index in [1.165, 1.54) is 0 Å². The molecule has 9 heteroatoms. The molecule has 1 atom stereocenters. The average Bonchev–Trinajstić information content (AvgIpc) is 2.90. The lowest BCUT2D eigenvalue weighted by Gasteiger charge is -2.13. The zero-order chi connectivity index (χ0) is 19.6. The summed E-state index contributed by atoms with van der Waals surface area (Å²) >= 11 is 0. The Morgan fingerprint density at radius 2 is 1.74 bits per heavy atom. The van der Waals surface area contributed by atoms with E-state index in [-0.39, 0.29) is 6.42 Å². The molecule has 1 saturated heterocycles. The molecule has 0 bridgehead atoms. The van der Waals surface area contributed by atoms with E-state index in [1.807, 2.05) is 11.4 Å². The number of urea groups is 1. The minimum Gasteiger partial charge on any atom is -0.325 e. The van der Waals surface area contributed by atoms with E-state index in [1.54, 1.807) is 24.3 Å². The van der Waals surface area contributed by atoms with E-state index in [0.29, 0.717) is 11.0 Å². The van der Waals surface area contributed by atoms with Crippen LogP contribution in [0, 0.1) is 17.5 Å². The molecular weight excluding hydrogens is 363 g/mol. The third-order valence-electron chi connectivity index (χ3n) is 4.00. The van der Waals surface area contributed by atoms with Crippen molar-refractivity contribution in [3.05, 3.63) is 65.5 Å². The van der Waals surface area contributed by atoms with Crippen molar-refractivity contribution >= 4 is 23.5 Å². The van der Waals surface area contributed by atoms with E-state index >= 15 is 0 Å². The van der Waals surface area contributed by atoms with Crippen molar-refractivity contribution in [1.29, 1.82) is 0 Å². The maximum atomic E-state index is 13.6. The van der Waals surface area contributed by atoms with Gasteiger partial charge < -0.3 is 10.6 Å². The summed E-state index contributed by atoms with van der Waals surface area (Å²) in [6, 6.07) is 8.88. The molecule has 2 N–H and O–H groups in total. The van der Waals surface area contributed by atoms with Crippen LogP contribution in [0.15, 0.2) is 42.5 Å². The number of hydrogen-bond donors (Lipinski definition) is 2. The Bertz CT molecular complexity index is 905. The van der Waals surface area contributed by atoms with Crippen LogP contribution < -0.4 is 10.6 Å². The summed E-state index contributed by atoms with van der Waals surface area (Å²) in [6.07, 6.45) is 0.251. The lowest BCUT2D eigenvalue weighted by molar-refractivity contribution is -0.130. The van der Waals surface area contributed by atoms with Gasteiger partial charge in [-0.25, -0.2) is 18.0 Å². The second-order valence-corrected chi connectivity index (χ2v) is 5.89. The number of benzene rings is 2. The van der Waals surface area contributed by atoms with Crippen molar-refractivity contribution in [1.82, 2.24) is 10.2 Å². The molecule has 4 amide bonds. The van der Waals surface area contributed by atoms with Gasteiger partial charge in [-0.1, -0.05) is 30.3 Å². The van der Waals surface area contributed by atoms with Crippen molar-refractivity contribution in [2.75, 3.05) is 11.9 Å². The number of halogens is 3. The van der Waals surface area contributed by atoms with E-state index in [9.17, 15) is 27.6 Å². The molecule has 6 nitrogen and oxygen atoms in total. The highest BCUT2D eigenvalue weighted by atomic mass is 19.2. The Balaban J connectivity index is 1.65. The molecule has 1 aliphatic rings. The summed E-state index contributed by atoms with van der Waals surface area (Å²) in [5.41, 5.74) is 0.234. The Labute approximate surface area is 152 Å². The van der Waals surface area contributed by atoms with Gasteiger partial charge in [0.05, 0.1) is 5.69 Å². The number of imide groups is 1. The van der Waals surface area contributed by atoms with Crippen LogP contribution in [0.25, 0.3) is 0 Å². The smallest absolute Gasteiger partial charge is 0.325 e. The number of carbonyl (C=O) groups is 3. The molecule has 0 radical (unpaired) electrons. The summed E-state index contributed by atoms with van der Waals surface area (Å²) < 4.78 is 39.7. The number of rotatable bonds is 5. The van der Waals surface area contributed by atoms with Gasteiger partial charge in [0.1, 0.15) is 12.6 Å². The van der Waals surface area contributed by atoms with E-state index in [4.69, 9.17) is 0 Å². The van der Waals surface area contributed by atoms with Crippen molar-refractivity contribution in [2.24, 2.45) is 0 Å². The fourth-order valence-corrected chi connectivity index (χ4v) is 2.67. The minimum absolute atomic E-state index is 0.251. The maximum Gasteiger partial charge on any atom is 0.325 e. The molecular formula is C18H14F3N3O3. The van der Waals surface area contributed by atoms with Crippen LogP contribution in [0.3, 0.4) is 0 Å². The normalized spacial score (nSPS) is 16.4. The van der Waals surface area contributed by atoms with E-state index in [2.05, 4.69) is 5.32 Å². The molecule has 0 aromatic heterocycles. The molecule has 0 spiro atoms. The quantitative estimate of drug-likeness (QED) is 0.620. The van der Waals surface area contributed by atoms with Crippen molar-refractivity contribution in [3.63, 3.8) is 0 Å². The fraction of sp³-hybridized carbons (Fsp3) is 0.167. The third-order valence-corrected chi connectivity index (χ3v) is 4.00. The Morgan fingerprint density at radius 3 is 2.44 bits per heavy atom. The Hall–Kier alpha value is -3.36. The Kier molecular flexibility index (Phi) is 5.11. The van der Waals surface area contributed by atoms with Crippen LogP contribution in [0.2, 0.25) is 0 Å². The number of nitrogens with one attached hydrogen (secondary N) is 2. The molecule has 1 fully saturated rings. The molecule has 27 heavy (non-hydrogen) atoms. The van der Waals surface area contributed by atoms with Crippen LogP contribution in [-0.2, 0) is 16.0 Å². The van der Waals surface area contributed by atoms with Gasteiger partial charge in [0.2, 0.25) is 5.91 Å². The topological polar surface area (TPSA) is 78.5 Å². The van der Waals surface area contributed by atoms with Crippen LogP contribution in [0.5, 0.6) is 0 Å². The number of carbonyl (C=O) groups excluding carboxylic acids is 3. The second-order valence-electron chi connectivity index (χ2n) is 5.89. The van der Waals surface area contributed by atoms with Gasteiger partial charge >= 0.3 is 6.03 Å². The fourth-order valence-electron chi connectivity index (χ4n) is 2.67. The number of anilines is 1. The first-order valence-corrected chi connectivity index (χ1v) is 7.96. The van der Waals surface area contributed by atoms with Crippen LogP contribution >= 0.6 is 0 Å². The first-order chi connectivity index (χ1) is 12.9. The third kappa shape index (κ3) is 3.91. The van der Waals surface area contributed by atoms with Gasteiger partial charge in [-0.15, -0.1) is 0 Å². The predicted molar refractivity (Wildman–Crippen MR) is 89.1 cm³/mol. The van der Waals surface area contributed by atoms with Crippen LogP contribution in [-0.4, -0.2) is 35.3 Å².